The van der Waals surface area contributed by atoms with Crippen molar-refractivity contribution in [2.45, 2.75) is 19.8 Å². The van der Waals surface area contributed by atoms with Gasteiger partial charge in [-0.2, -0.15) is 5.10 Å². The van der Waals surface area contributed by atoms with Gasteiger partial charge in [-0.1, -0.05) is 0 Å². The van der Waals surface area contributed by atoms with Gasteiger partial charge in [0.05, 0.1) is 11.9 Å². The molecule has 82 valence electrons. The van der Waals surface area contributed by atoms with Crippen LogP contribution in [-0.4, -0.2) is 21.3 Å². The standard InChI is InChI=1S/C11H10N2O3/c1-5-8-7(16-10(5)11(14)15)3-2-6-4-12-13-9(6)8/h4H,2-3H2,1H3,(H,12,13)(H,14,15). The van der Waals surface area contributed by atoms with Crippen molar-refractivity contribution >= 4 is 5.97 Å². The van der Waals surface area contributed by atoms with Crippen LogP contribution in [0.5, 0.6) is 0 Å². The second-order valence-corrected chi connectivity index (χ2v) is 3.93. The zero-order chi connectivity index (χ0) is 11.3. The van der Waals surface area contributed by atoms with Crippen LogP contribution in [-0.2, 0) is 12.8 Å². The Hall–Kier alpha value is -2.04. The molecule has 1 aliphatic carbocycles. The first-order valence-electron chi connectivity index (χ1n) is 5.06. The number of aromatic amines is 1. The van der Waals surface area contributed by atoms with Crippen LogP contribution in [0, 0.1) is 6.92 Å². The van der Waals surface area contributed by atoms with E-state index in [4.69, 9.17) is 9.52 Å². The summed E-state index contributed by atoms with van der Waals surface area (Å²) in [5.41, 5.74) is 3.56. The molecule has 0 amide bonds. The minimum Gasteiger partial charge on any atom is -0.475 e. The first kappa shape index (κ1) is 9.21. The van der Waals surface area contributed by atoms with Crippen molar-refractivity contribution in [1.82, 2.24) is 10.2 Å². The summed E-state index contributed by atoms with van der Waals surface area (Å²) >= 11 is 0. The summed E-state index contributed by atoms with van der Waals surface area (Å²) < 4.78 is 5.38. The Morgan fingerprint density at radius 1 is 1.56 bits per heavy atom. The van der Waals surface area contributed by atoms with E-state index < -0.39 is 5.97 Å². The van der Waals surface area contributed by atoms with E-state index in [0.717, 1.165) is 35.4 Å². The highest BCUT2D eigenvalue weighted by atomic mass is 16.4. The molecule has 0 spiro atoms. The Labute approximate surface area is 91.1 Å². The van der Waals surface area contributed by atoms with Crippen LogP contribution in [0.2, 0.25) is 0 Å². The van der Waals surface area contributed by atoms with Crippen molar-refractivity contribution in [3.63, 3.8) is 0 Å². The molecule has 2 heterocycles. The smallest absolute Gasteiger partial charge is 0.372 e. The molecule has 16 heavy (non-hydrogen) atoms. The molecular formula is C11H10N2O3. The third-order valence-corrected chi connectivity index (χ3v) is 3.00. The minimum atomic E-state index is -1.02. The van der Waals surface area contributed by atoms with Crippen molar-refractivity contribution < 1.29 is 14.3 Å². The fraction of sp³-hybridized carbons (Fsp3) is 0.273. The Balaban J connectivity index is 2.28. The van der Waals surface area contributed by atoms with Gasteiger partial charge in [0.15, 0.2) is 0 Å². The Morgan fingerprint density at radius 2 is 2.38 bits per heavy atom. The highest BCUT2D eigenvalue weighted by molar-refractivity contribution is 5.90. The molecule has 2 aromatic rings. The van der Waals surface area contributed by atoms with Gasteiger partial charge in [0.2, 0.25) is 5.76 Å². The summed E-state index contributed by atoms with van der Waals surface area (Å²) in [5, 5.41) is 15.9. The van der Waals surface area contributed by atoms with E-state index in [1.54, 1.807) is 13.1 Å². The fourth-order valence-electron chi connectivity index (χ4n) is 2.25. The van der Waals surface area contributed by atoms with Crippen LogP contribution in [0.1, 0.15) is 27.4 Å². The second kappa shape index (κ2) is 2.98. The number of aromatic carboxylic acids is 1. The molecule has 1 aliphatic rings. The molecule has 0 saturated heterocycles. The van der Waals surface area contributed by atoms with Crippen LogP contribution >= 0.6 is 0 Å². The number of rotatable bonds is 1. The number of furan rings is 1. The van der Waals surface area contributed by atoms with Crippen molar-refractivity contribution in [3.05, 3.63) is 28.8 Å². The molecule has 5 heteroatoms. The predicted octanol–water partition coefficient (Wildman–Crippen LogP) is 1.77. The SMILES string of the molecule is Cc1c(C(=O)O)oc2c1-c1[nH]ncc1CC2. The number of carbonyl (C=O) groups is 1. The number of carboxylic acid groups (broad SMARTS) is 1. The summed E-state index contributed by atoms with van der Waals surface area (Å²) in [5.74, 6) is -0.243. The number of aromatic nitrogens is 2. The van der Waals surface area contributed by atoms with E-state index in [1.807, 2.05) is 0 Å². The molecule has 5 nitrogen and oxygen atoms in total. The van der Waals surface area contributed by atoms with E-state index >= 15 is 0 Å². The van der Waals surface area contributed by atoms with Crippen molar-refractivity contribution in [1.29, 1.82) is 0 Å². The molecule has 2 N–H and O–H groups in total. The summed E-state index contributed by atoms with van der Waals surface area (Å²) in [6.45, 7) is 1.77. The van der Waals surface area contributed by atoms with Crippen LogP contribution in [0.3, 0.4) is 0 Å². The normalized spacial score (nSPS) is 13.3. The first-order chi connectivity index (χ1) is 7.68. The van der Waals surface area contributed by atoms with Gasteiger partial charge in [-0.3, -0.25) is 5.10 Å². The molecule has 0 aliphatic heterocycles. The van der Waals surface area contributed by atoms with E-state index in [9.17, 15) is 4.79 Å². The number of fused-ring (bicyclic) bond motifs is 3. The molecule has 2 aromatic heterocycles. The molecule has 0 saturated carbocycles. The van der Waals surface area contributed by atoms with Crippen molar-refractivity contribution in [2.75, 3.05) is 0 Å². The van der Waals surface area contributed by atoms with Crippen molar-refractivity contribution in [3.8, 4) is 11.3 Å². The Morgan fingerprint density at radius 3 is 3.12 bits per heavy atom. The molecule has 0 fully saturated rings. The largest absolute Gasteiger partial charge is 0.475 e. The zero-order valence-electron chi connectivity index (χ0n) is 8.70. The maximum Gasteiger partial charge on any atom is 0.372 e. The molecule has 0 radical (unpaired) electrons. The average molecular weight is 218 g/mol. The lowest BCUT2D eigenvalue weighted by Crippen LogP contribution is -2.00. The lowest BCUT2D eigenvalue weighted by Gasteiger charge is -2.09. The predicted molar refractivity (Wildman–Crippen MR) is 55.4 cm³/mol. The molecule has 0 aromatic carbocycles. The van der Waals surface area contributed by atoms with Gasteiger partial charge < -0.3 is 9.52 Å². The van der Waals surface area contributed by atoms with E-state index in [0.29, 0.717) is 5.56 Å². The fourth-order valence-corrected chi connectivity index (χ4v) is 2.25. The molecule has 0 atom stereocenters. The lowest BCUT2D eigenvalue weighted by atomic mass is 9.94. The Bertz CT molecular complexity index is 580. The van der Waals surface area contributed by atoms with E-state index in [1.165, 1.54) is 0 Å². The average Bonchev–Trinajstić information content (AvgIpc) is 2.81. The van der Waals surface area contributed by atoms with Crippen LogP contribution in [0.4, 0.5) is 0 Å². The van der Waals surface area contributed by atoms with Gasteiger partial charge in [-0.05, 0) is 18.9 Å². The van der Waals surface area contributed by atoms with Crippen LogP contribution in [0.25, 0.3) is 11.3 Å². The molecular weight excluding hydrogens is 208 g/mol. The number of aryl methyl sites for hydroxylation is 2. The minimum absolute atomic E-state index is 0.0347. The number of hydrogen-bond donors (Lipinski definition) is 2. The lowest BCUT2D eigenvalue weighted by molar-refractivity contribution is 0.0659. The summed E-state index contributed by atoms with van der Waals surface area (Å²) in [4.78, 5) is 11.0. The number of H-pyrrole nitrogens is 1. The number of nitrogens with one attached hydrogen (secondary N) is 1. The van der Waals surface area contributed by atoms with Crippen LogP contribution < -0.4 is 0 Å². The van der Waals surface area contributed by atoms with Gasteiger partial charge >= 0.3 is 5.97 Å². The number of hydrogen-bond acceptors (Lipinski definition) is 3. The first-order valence-corrected chi connectivity index (χ1v) is 5.06. The zero-order valence-corrected chi connectivity index (χ0v) is 8.70. The Kier molecular flexibility index (Phi) is 1.71. The highest BCUT2D eigenvalue weighted by Crippen LogP contribution is 2.37. The molecule has 3 rings (SSSR count). The topological polar surface area (TPSA) is 79.1 Å². The van der Waals surface area contributed by atoms with E-state index in [-0.39, 0.29) is 5.76 Å². The van der Waals surface area contributed by atoms with Crippen LogP contribution in [0.15, 0.2) is 10.6 Å². The highest BCUT2D eigenvalue weighted by Gasteiger charge is 2.28. The summed E-state index contributed by atoms with van der Waals surface area (Å²) in [6.07, 6.45) is 3.35. The molecule has 0 bridgehead atoms. The van der Waals surface area contributed by atoms with Gasteiger partial charge in [0.25, 0.3) is 0 Å². The van der Waals surface area contributed by atoms with Crippen molar-refractivity contribution in [2.24, 2.45) is 0 Å². The third kappa shape index (κ3) is 1.05. The number of nitrogens with zero attached hydrogens (tertiary/aromatic N) is 1. The second-order valence-electron chi connectivity index (χ2n) is 3.93. The summed E-state index contributed by atoms with van der Waals surface area (Å²) in [6, 6.07) is 0. The third-order valence-electron chi connectivity index (χ3n) is 3.00. The monoisotopic (exact) mass is 218 g/mol. The van der Waals surface area contributed by atoms with Gasteiger partial charge in [0, 0.05) is 17.5 Å². The maximum atomic E-state index is 11.0. The van der Waals surface area contributed by atoms with Gasteiger partial charge in [-0.15, -0.1) is 0 Å². The maximum absolute atomic E-state index is 11.0. The van der Waals surface area contributed by atoms with Gasteiger partial charge in [-0.25, -0.2) is 4.79 Å². The summed E-state index contributed by atoms with van der Waals surface area (Å²) in [7, 11) is 0. The van der Waals surface area contributed by atoms with Gasteiger partial charge in [0.1, 0.15) is 5.76 Å². The number of carboxylic acids is 1. The van der Waals surface area contributed by atoms with E-state index in [2.05, 4.69) is 10.2 Å². The molecule has 0 unspecified atom stereocenters. The quantitative estimate of drug-likeness (QED) is 0.764.